The second kappa shape index (κ2) is 14.9. The number of nitrogens with zero attached hydrogens (tertiary/aromatic N) is 5. The molecule has 2 saturated heterocycles. The maximum absolute atomic E-state index is 14.1. The van der Waals surface area contributed by atoms with Crippen LogP contribution in [0.3, 0.4) is 0 Å². The Balaban J connectivity index is 1.31. The van der Waals surface area contributed by atoms with E-state index in [-0.39, 0.29) is 35.3 Å². The van der Waals surface area contributed by atoms with Gasteiger partial charge >= 0.3 is 0 Å². The van der Waals surface area contributed by atoms with Crippen LogP contribution in [0.1, 0.15) is 58.6 Å². The monoisotopic (exact) mass is 659 g/mol. The summed E-state index contributed by atoms with van der Waals surface area (Å²) >= 11 is 0. The number of carbonyl (C=O) groups is 4. The Morgan fingerprint density at radius 1 is 0.959 bits per heavy atom. The van der Waals surface area contributed by atoms with E-state index in [1.165, 1.54) is 12.1 Å². The van der Waals surface area contributed by atoms with E-state index in [1.807, 2.05) is 19.1 Å². The first-order valence-corrected chi connectivity index (χ1v) is 16.5. The molecule has 0 saturated carbocycles. The number of hydrogen-bond donors (Lipinski definition) is 2. The lowest BCUT2D eigenvalue weighted by Crippen LogP contribution is -2.45. The number of aliphatic imine (C=N–C) groups is 1. The highest BCUT2D eigenvalue weighted by molar-refractivity contribution is 6.19. The number of aromatic nitrogens is 1. The molecule has 2 aromatic heterocycles. The van der Waals surface area contributed by atoms with Crippen LogP contribution < -0.4 is 10.6 Å². The molecular formula is C37H37N7O5. The van der Waals surface area contributed by atoms with E-state index in [4.69, 9.17) is 9.41 Å². The van der Waals surface area contributed by atoms with Crippen molar-refractivity contribution in [3.8, 4) is 6.07 Å². The quantitative estimate of drug-likeness (QED) is 0.140. The van der Waals surface area contributed by atoms with Crippen LogP contribution in [-0.2, 0) is 9.59 Å². The molecular weight excluding hydrogens is 622 g/mol. The number of amidine groups is 1. The van der Waals surface area contributed by atoms with E-state index in [0.29, 0.717) is 55.9 Å². The van der Waals surface area contributed by atoms with Gasteiger partial charge in [0.25, 0.3) is 5.91 Å². The number of nitriles is 1. The normalized spacial score (nSPS) is 17.3. The number of Topliss-reactive ketones (excluding diaryl/α,β-unsaturated/α-hetero) is 1. The fourth-order valence-corrected chi connectivity index (χ4v) is 6.20. The molecule has 4 aromatic rings. The Morgan fingerprint density at radius 3 is 2.49 bits per heavy atom. The Hall–Kier alpha value is -5.83. The summed E-state index contributed by atoms with van der Waals surface area (Å²) in [6, 6.07) is 17.8. The number of ketones is 1. The number of aryl methyl sites for hydroxylation is 1. The summed E-state index contributed by atoms with van der Waals surface area (Å²) in [5, 5.41) is 17.2. The molecule has 2 aliphatic heterocycles. The van der Waals surface area contributed by atoms with Crippen LogP contribution >= 0.6 is 0 Å². The fourth-order valence-electron chi connectivity index (χ4n) is 6.20. The van der Waals surface area contributed by atoms with Gasteiger partial charge in [-0.1, -0.05) is 12.1 Å². The van der Waals surface area contributed by atoms with Crippen LogP contribution in [0, 0.1) is 24.2 Å². The summed E-state index contributed by atoms with van der Waals surface area (Å²) < 4.78 is 5.71. The molecule has 2 N–H and O–H groups in total. The van der Waals surface area contributed by atoms with Gasteiger partial charge in [-0.25, -0.2) is 0 Å². The highest BCUT2D eigenvalue weighted by Gasteiger charge is 2.33. The predicted molar refractivity (Wildman–Crippen MR) is 184 cm³/mol. The third-order valence-electron chi connectivity index (χ3n) is 8.76. The Morgan fingerprint density at radius 2 is 1.71 bits per heavy atom. The predicted octanol–water partition coefficient (Wildman–Crippen LogP) is 5.23. The zero-order valence-corrected chi connectivity index (χ0v) is 27.2. The smallest absolute Gasteiger partial charge is 0.255 e. The van der Waals surface area contributed by atoms with Crippen molar-refractivity contribution in [2.45, 2.75) is 45.1 Å². The lowest BCUT2D eigenvalue weighted by Gasteiger charge is -2.25. The second-order valence-corrected chi connectivity index (χ2v) is 12.3. The maximum atomic E-state index is 14.1. The van der Waals surface area contributed by atoms with Crippen molar-refractivity contribution >= 4 is 51.7 Å². The molecule has 0 spiro atoms. The highest BCUT2D eigenvalue weighted by Crippen LogP contribution is 2.25. The SMILES string of the molecule is Cc1cc2cc(NC(=N[C@H]3CCCCN(CC(=O)N4CCCC4)C3=O)C(C#N)C(=O)c3cccc(C(=O)Nc4ccncc4)c3)ccc2o1. The summed E-state index contributed by atoms with van der Waals surface area (Å²) in [7, 11) is 0. The molecule has 2 aliphatic rings. The zero-order chi connectivity index (χ0) is 34.3. The van der Waals surface area contributed by atoms with Crippen LogP contribution in [0.5, 0.6) is 0 Å². The molecule has 12 nitrogen and oxygen atoms in total. The molecule has 2 atom stereocenters. The van der Waals surface area contributed by atoms with Crippen molar-refractivity contribution < 1.29 is 23.6 Å². The molecule has 12 heteroatoms. The standard InChI is InChI=1S/C37H37N7O5/c1-24-19-27-21-29(10-11-32(27)49-24)40-35(42-31-9-2-3-18-44(37(31)48)23-33(45)43-16-4-5-17-43)30(22-38)34(46)25-7-6-8-26(20-25)36(47)41-28-12-14-39-15-13-28/h6-8,10-15,19-21,30-31H,2-5,9,16-18,23H2,1H3,(H,40,42)(H,39,41,47)/t30?,31-/m0/s1. The third kappa shape index (κ3) is 7.84. The fraction of sp³-hybridized carbons (Fsp3) is 0.324. The van der Waals surface area contributed by atoms with E-state index >= 15 is 0 Å². The van der Waals surface area contributed by atoms with Crippen molar-refractivity contribution in [2.75, 3.05) is 36.8 Å². The first-order valence-electron chi connectivity index (χ1n) is 16.5. The van der Waals surface area contributed by atoms with Gasteiger partial charge in [-0.05, 0) is 87.6 Å². The minimum Gasteiger partial charge on any atom is -0.461 e. The number of rotatable bonds is 9. The van der Waals surface area contributed by atoms with Crippen LogP contribution in [0.25, 0.3) is 11.0 Å². The number of furan rings is 1. The van der Waals surface area contributed by atoms with Crippen molar-refractivity contribution in [3.05, 3.63) is 89.9 Å². The van der Waals surface area contributed by atoms with Crippen molar-refractivity contribution in [1.82, 2.24) is 14.8 Å². The zero-order valence-electron chi connectivity index (χ0n) is 27.2. The number of amides is 3. The number of benzene rings is 2. The van der Waals surface area contributed by atoms with E-state index < -0.39 is 23.7 Å². The number of anilines is 2. The Bertz CT molecular complexity index is 1940. The van der Waals surface area contributed by atoms with Gasteiger partial charge in [0.15, 0.2) is 11.7 Å². The molecule has 0 radical (unpaired) electrons. The van der Waals surface area contributed by atoms with Crippen LogP contribution in [0.15, 0.2) is 82.5 Å². The third-order valence-corrected chi connectivity index (χ3v) is 8.76. The summed E-state index contributed by atoms with van der Waals surface area (Å²) in [5.41, 5.74) is 2.12. The molecule has 250 valence electrons. The molecule has 4 heterocycles. The summed E-state index contributed by atoms with van der Waals surface area (Å²) in [6.07, 6.45) is 6.80. The number of carbonyl (C=O) groups excluding carboxylic acids is 4. The molecule has 0 aliphatic carbocycles. The lowest BCUT2D eigenvalue weighted by molar-refractivity contribution is -0.140. The number of nitrogens with one attached hydrogen (secondary N) is 2. The van der Waals surface area contributed by atoms with Crippen LogP contribution in [-0.4, -0.2) is 76.3 Å². The maximum Gasteiger partial charge on any atom is 0.255 e. The Labute approximate surface area is 283 Å². The van der Waals surface area contributed by atoms with E-state index in [0.717, 1.165) is 24.0 Å². The number of hydrogen-bond acceptors (Lipinski definition) is 8. The van der Waals surface area contributed by atoms with Gasteiger partial charge < -0.3 is 24.9 Å². The molecule has 6 rings (SSSR count). The summed E-state index contributed by atoms with van der Waals surface area (Å²) in [5.74, 6) is -2.13. The van der Waals surface area contributed by atoms with Gasteiger partial charge in [0.2, 0.25) is 11.8 Å². The molecule has 2 fully saturated rings. The number of pyridine rings is 1. The van der Waals surface area contributed by atoms with Gasteiger partial charge in [0, 0.05) is 59.9 Å². The van der Waals surface area contributed by atoms with Crippen molar-refractivity contribution in [2.24, 2.45) is 10.9 Å². The first-order chi connectivity index (χ1) is 23.8. The topological polar surface area (TPSA) is 161 Å². The highest BCUT2D eigenvalue weighted by atomic mass is 16.3. The lowest BCUT2D eigenvalue weighted by atomic mass is 9.95. The van der Waals surface area contributed by atoms with Crippen LogP contribution in [0.2, 0.25) is 0 Å². The van der Waals surface area contributed by atoms with E-state index in [1.54, 1.807) is 58.6 Å². The average Bonchev–Trinajstić information content (AvgIpc) is 3.75. The van der Waals surface area contributed by atoms with E-state index in [9.17, 15) is 24.4 Å². The molecule has 1 unspecified atom stereocenters. The molecule has 49 heavy (non-hydrogen) atoms. The van der Waals surface area contributed by atoms with Crippen molar-refractivity contribution in [3.63, 3.8) is 0 Å². The minimum absolute atomic E-state index is 0.00442. The first kappa shape index (κ1) is 33.1. The second-order valence-electron chi connectivity index (χ2n) is 12.3. The molecule has 3 amide bonds. The van der Waals surface area contributed by atoms with Gasteiger partial charge in [0.1, 0.15) is 23.2 Å². The van der Waals surface area contributed by atoms with Crippen LogP contribution in [0.4, 0.5) is 11.4 Å². The summed E-state index contributed by atoms with van der Waals surface area (Å²) in [4.78, 5) is 66.0. The van der Waals surface area contributed by atoms with Gasteiger partial charge in [-0.3, -0.25) is 29.2 Å². The molecule has 2 aromatic carbocycles. The summed E-state index contributed by atoms with van der Waals surface area (Å²) in [6.45, 7) is 3.62. The minimum atomic E-state index is -1.43. The van der Waals surface area contributed by atoms with Gasteiger partial charge in [-0.15, -0.1) is 0 Å². The largest absolute Gasteiger partial charge is 0.461 e. The average molecular weight is 660 g/mol. The molecule has 0 bridgehead atoms. The van der Waals surface area contributed by atoms with Gasteiger partial charge in [0.05, 0.1) is 12.6 Å². The number of likely N-dealkylation sites (tertiary alicyclic amines) is 2. The van der Waals surface area contributed by atoms with Gasteiger partial charge in [-0.2, -0.15) is 5.26 Å². The number of fused-ring (bicyclic) bond motifs is 1. The Kier molecular flexibility index (Phi) is 10.1. The van der Waals surface area contributed by atoms with E-state index in [2.05, 4.69) is 21.7 Å². The van der Waals surface area contributed by atoms with Crippen molar-refractivity contribution in [1.29, 1.82) is 5.26 Å².